The number of carbonyl (C=O) groups is 1. The molecule has 0 bridgehead atoms. The van der Waals surface area contributed by atoms with Crippen LogP contribution in [0.1, 0.15) is 84.4 Å². The third kappa shape index (κ3) is 10.0. The zero-order chi connectivity index (χ0) is 35.7. The summed E-state index contributed by atoms with van der Waals surface area (Å²) < 4.78 is 33.3. The Bertz CT molecular complexity index is 1610. The maximum atomic E-state index is 14.1. The third-order valence-electron chi connectivity index (χ3n) is 9.41. The van der Waals surface area contributed by atoms with Gasteiger partial charge in [0, 0.05) is 38.3 Å². The first-order chi connectivity index (χ1) is 22.2. The van der Waals surface area contributed by atoms with Gasteiger partial charge < -0.3 is 13.0 Å². The number of pyridine rings is 1. The summed E-state index contributed by atoms with van der Waals surface area (Å²) in [6.45, 7) is 15.1. The summed E-state index contributed by atoms with van der Waals surface area (Å²) in [4.78, 5) is 18.3. The number of hydrogen-bond acceptors (Lipinski definition) is 5. The predicted octanol–water partition coefficient (Wildman–Crippen LogP) is 11.1. The van der Waals surface area contributed by atoms with Gasteiger partial charge in [0.05, 0.1) is 29.8 Å². The summed E-state index contributed by atoms with van der Waals surface area (Å²) >= 11 is 2.11. The number of rotatable bonds is 13. The second-order valence-corrected chi connectivity index (χ2v) is 25.0. The fraction of sp³-hybridized carbons (Fsp3) is 0.526. The van der Waals surface area contributed by atoms with E-state index in [4.69, 9.17) is 18.0 Å². The van der Waals surface area contributed by atoms with E-state index in [9.17, 15) is 9.18 Å². The first-order valence-corrected chi connectivity index (χ1v) is 22.7. The van der Waals surface area contributed by atoms with E-state index in [1.807, 2.05) is 31.1 Å². The molecule has 264 valence electrons. The molecular formula is C38H54BFINO4S2. The Morgan fingerprint density at radius 2 is 1.56 bits per heavy atom. The Kier molecular flexibility index (Phi) is 12.5. The summed E-state index contributed by atoms with van der Waals surface area (Å²) in [7, 11) is -3.12. The molecule has 0 amide bonds. The van der Waals surface area contributed by atoms with Crippen molar-refractivity contribution in [3.05, 3.63) is 71.7 Å². The van der Waals surface area contributed by atoms with E-state index in [2.05, 4.69) is 113 Å². The summed E-state index contributed by atoms with van der Waals surface area (Å²) in [6, 6.07) is 14.9. The molecule has 48 heavy (non-hydrogen) atoms. The third-order valence-corrected chi connectivity index (χ3v) is 17.0. The number of carbonyl (C=O) groups excluding carboxylic acids is 1. The van der Waals surface area contributed by atoms with Gasteiger partial charge in [-0.15, -0.1) is 20.6 Å². The molecule has 1 saturated carbocycles. The normalized spacial score (nSPS) is 16.6. The fourth-order valence-electron chi connectivity index (χ4n) is 5.13. The Morgan fingerprint density at radius 3 is 2.12 bits per heavy atom. The molecule has 2 atom stereocenters. The lowest BCUT2D eigenvalue weighted by Crippen LogP contribution is -2.34. The van der Waals surface area contributed by atoms with Crippen molar-refractivity contribution in [2.24, 2.45) is 0 Å². The van der Waals surface area contributed by atoms with Crippen molar-refractivity contribution in [1.29, 1.82) is 0 Å². The van der Waals surface area contributed by atoms with Crippen LogP contribution < -0.4 is 0 Å². The van der Waals surface area contributed by atoms with Crippen molar-refractivity contribution in [1.82, 2.24) is 4.98 Å². The standard InChI is InChI=1S/C38H54BFINO4S2/c1-37(2,3)47(8,9)45-29(24-30(25-34(43)44-39(7)41)46-48(10,11)38(4,5)6)22-23-32-35(26-18-20-28(40)21-19-26)31-14-12-13-15-33(31)42-36(32)27-16-17-27/h12-15,18-23,27,29-30H,16-17,24-25H2,1-11H3/b23-22+. The molecule has 10 heteroatoms. The van der Waals surface area contributed by atoms with Crippen LogP contribution in [0.2, 0.25) is 6.82 Å². The molecule has 3 aromatic rings. The van der Waals surface area contributed by atoms with Crippen LogP contribution in [-0.4, -0.2) is 62.5 Å². The Labute approximate surface area is 305 Å². The smallest absolute Gasteiger partial charge is 0.428 e. The lowest BCUT2D eigenvalue weighted by Gasteiger charge is -2.48. The molecule has 2 unspecified atom stereocenters. The predicted molar refractivity (Wildman–Crippen MR) is 217 cm³/mol. The topological polar surface area (TPSA) is 57.7 Å². The van der Waals surface area contributed by atoms with Crippen LogP contribution in [0.25, 0.3) is 28.1 Å². The van der Waals surface area contributed by atoms with E-state index < -0.39 is 26.7 Å². The van der Waals surface area contributed by atoms with Crippen LogP contribution in [0.15, 0.2) is 54.6 Å². The molecule has 0 aliphatic heterocycles. The van der Waals surface area contributed by atoms with Crippen LogP contribution in [0.3, 0.4) is 0 Å². The minimum absolute atomic E-state index is 0.0795. The summed E-state index contributed by atoms with van der Waals surface area (Å²) in [5, 5.41) is 1.03. The van der Waals surface area contributed by atoms with Gasteiger partial charge >= 0.3 is 4.77 Å². The van der Waals surface area contributed by atoms with E-state index in [1.165, 1.54) is 12.1 Å². The van der Waals surface area contributed by atoms with Gasteiger partial charge in [-0.3, -0.25) is 9.78 Å². The van der Waals surface area contributed by atoms with Gasteiger partial charge in [0.2, 0.25) is 0 Å². The van der Waals surface area contributed by atoms with Gasteiger partial charge in [0.1, 0.15) is 5.82 Å². The second-order valence-electron chi connectivity index (χ2n) is 15.5. The van der Waals surface area contributed by atoms with Crippen molar-refractivity contribution in [3.63, 3.8) is 0 Å². The van der Waals surface area contributed by atoms with Crippen molar-refractivity contribution >= 4 is 70.7 Å². The highest BCUT2D eigenvalue weighted by Gasteiger charge is 2.37. The van der Waals surface area contributed by atoms with E-state index >= 15 is 0 Å². The largest absolute Gasteiger partial charge is 0.525 e. The van der Waals surface area contributed by atoms with Crippen LogP contribution in [-0.2, 0) is 17.8 Å². The highest BCUT2D eigenvalue weighted by atomic mass is 127. The average Bonchev–Trinajstić information content (AvgIpc) is 3.79. The monoisotopic (exact) mass is 809 g/mol. The van der Waals surface area contributed by atoms with Crippen molar-refractivity contribution in [2.45, 2.75) is 102 Å². The van der Waals surface area contributed by atoms with Crippen LogP contribution in [0.4, 0.5) is 4.39 Å². The average molecular weight is 810 g/mol. The molecule has 1 aliphatic rings. The maximum Gasteiger partial charge on any atom is 0.428 e. The number of fused-ring (bicyclic) bond motifs is 1. The van der Waals surface area contributed by atoms with Gasteiger partial charge in [-0.2, -0.15) is 0 Å². The van der Waals surface area contributed by atoms with Gasteiger partial charge in [-0.1, -0.05) is 106 Å². The Hall–Kier alpha value is -1.60. The van der Waals surface area contributed by atoms with Crippen LogP contribution in [0.5, 0.6) is 0 Å². The Balaban J connectivity index is 1.85. The van der Waals surface area contributed by atoms with Gasteiger partial charge in [0.15, 0.2) is 0 Å². The molecular weight excluding hydrogens is 755 g/mol. The second kappa shape index (κ2) is 15.3. The maximum absolute atomic E-state index is 14.1. The quantitative estimate of drug-likeness (QED) is 0.127. The van der Waals surface area contributed by atoms with Crippen LogP contribution >= 0.6 is 43.0 Å². The molecule has 1 heterocycles. The van der Waals surface area contributed by atoms with E-state index in [-0.39, 0.29) is 38.6 Å². The summed E-state index contributed by atoms with van der Waals surface area (Å²) in [5.74, 6) is -0.161. The molecule has 2 aromatic carbocycles. The van der Waals surface area contributed by atoms with Gasteiger partial charge in [-0.05, 0) is 68.5 Å². The number of hydrogen-bond donors (Lipinski definition) is 0. The SMILES string of the molecule is CB(I)OC(=O)CC(CC(/C=C/c1c(C2CC2)nc2ccccc2c1-c1ccc(F)cc1)OS(C)(C)C(C)(C)C)OS(C)(C)C(C)(C)C. The Morgan fingerprint density at radius 1 is 0.979 bits per heavy atom. The van der Waals surface area contributed by atoms with E-state index in [0.29, 0.717) is 12.3 Å². The van der Waals surface area contributed by atoms with Crippen molar-refractivity contribution < 1.29 is 22.2 Å². The number of nitrogens with zero attached hydrogens (tertiary/aromatic N) is 1. The molecule has 4 rings (SSSR count). The molecule has 1 fully saturated rings. The lowest BCUT2D eigenvalue weighted by atomic mass is 9.92. The lowest BCUT2D eigenvalue weighted by molar-refractivity contribution is -0.136. The fourth-order valence-corrected chi connectivity index (χ4v) is 7.58. The van der Waals surface area contributed by atoms with E-state index in [0.717, 1.165) is 46.1 Å². The molecule has 5 nitrogen and oxygen atoms in total. The molecule has 0 radical (unpaired) electrons. The van der Waals surface area contributed by atoms with Crippen LogP contribution in [0, 0.1) is 5.82 Å². The zero-order valence-electron chi connectivity index (χ0n) is 30.6. The number of para-hydroxylation sites is 1. The number of halogens is 2. The molecule has 0 spiro atoms. The highest BCUT2D eigenvalue weighted by molar-refractivity contribution is 14.1. The molecule has 1 aromatic heterocycles. The van der Waals surface area contributed by atoms with Crippen molar-refractivity contribution in [2.75, 3.05) is 25.0 Å². The minimum atomic E-state index is -1.56. The van der Waals surface area contributed by atoms with Gasteiger partial charge in [0.25, 0.3) is 5.97 Å². The summed E-state index contributed by atoms with van der Waals surface area (Å²) in [6.07, 6.45) is 15.1. The first kappa shape index (κ1) is 39.2. The van der Waals surface area contributed by atoms with Crippen molar-refractivity contribution in [3.8, 4) is 11.1 Å². The highest BCUT2D eigenvalue weighted by Crippen LogP contribution is 2.57. The van der Waals surface area contributed by atoms with Gasteiger partial charge in [-0.25, -0.2) is 4.39 Å². The molecule has 0 saturated heterocycles. The van der Waals surface area contributed by atoms with E-state index in [1.54, 1.807) is 0 Å². The number of benzene rings is 2. The number of aromatic nitrogens is 1. The summed E-state index contributed by atoms with van der Waals surface area (Å²) in [5.41, 5.74) is 5.03. The molecule has 0 N–H and O–H groups in total. The first-order valence-electron chi connectivity index (χ1n) is 16.7. The zero-order valence-corrected chi connectivity index (χ0v) is 34.4. The molecule has 1 aliphatic carbocycles. The minimum Gasteiger partial charge on any atom is -0.525 e.